The SMILES string of the molecule is Cc1ccc(N(CC(=O)N(Cc2cccc(Cl)c2)C(C)C(=O)NC(C)(C)C)S(C)(=O)=O)cc1Cl. The van der Waals surface area contributed by atoms with Gasteiger partial charge < -0.3 is 10.2 Å². The van der Waals surface area contributed by atoms with Gasteiger partial charge in [-0.1, -0.05) is 41.4 Å². The van der Waals surface area contributed by atoms with Crippen LogP contribution >= 0.6 is 23.2 Å². The first-order chi connectivity index (χ1) is 15.6. The molecule has 186 valence electrons. The lowest BCUT2D eigenvalue weighted by molar-refractivity contribution is -0.140. The third-order valence-electron chi connectivity index (χ3n) is 5.03. The summed E-state index contributed by atoms with van der Waals surface area (Å²) in [5.41, 5.74) is 1.25. The second kappa shape index (κ2) is 11.0. The van der Waals surface area contributed by atoms with Crippen LogP contribution in [0.15, 0.2) is 42.5 Å². The van der Waals surface area contributed by atoms with Crippen molar-refractivity contribution in [2.75, 3.05) is 17.1 Å². The molecule has 0 bridgehead atoms. The van der Waals surface area contributed by atoms with Crippen molar-refractivity contribution >= 4 is 50.7 Å². The molecule has 0 aliphatic carbocycles. The van der Waals surface area contributed by atoms with Crippen molar-refractivity contribution in [1.29, 1.82) is 0 Å². The third kappa shape index (κ3) is 7.89. The molecule has 2 aromatic rings. The van der Waals surface area contributed by atoms with Crippen LogP contribution in [0.3, 0.4) is 0 Å². The number of hydrogen-bond acceptors (Lipinski definition) is 4. The molecule has 34 heavy (non-hydrogen) atoms. The molecule has 1 atom stereocenters. The van der Waals surface area contributed by atoms with Gasteiger partial charge in [-0.2, -0.15) is 0 Å². The Bertz CT molecular complexity index is 1160. The number of aryl methyl sites for hydroxylation is 1. The normalized spacial score (nSPS) is 12.7. The summed E-state index contributed by atoms with van der Waals surface area (Å²) in [6, 6.07) is 10.8. The number of anilines is 1. The molecule has 7 nitrogen and oxygen atoms in total. The zero-order valence-corrected chi connectivity index (χ0v) is 22.6. The summed E-state index contributed by atoms with van der Waals surface area (Å²) < 4.78 is 26.2. The topological polar surface area (TPSA) is 86.8 Å². The lowest BCUT2D eigenvalue weighted by Crippen LogP contribution is -2.54. The van der Waals surface area contributed by atoms with Crippen molar-refractivity contribution in [3.05, 3.63) is 63.6 Å². The number of nitrogens with one attached hydrogen (secondary N) is 1. The van der Waals surface area contributed by atoms with Crippen LogP contribution in [0, 0.1) is 6.92 Å². The van der Waals surface area contributed by atoms with E-state index in [-0.39, 0.29) is 18.1 Å². The lowest BCUT2D eigenvalue weighted by atomic mass is 10.1. The van der Waals surface area contributed by atoms with Crippen molar-refractivity contribution in [2.45, 2.75) is 52.7 Å². The first kappa shape index (κ1) is 28.0. The molecule has 0 fully saturated rings. The number of nitrogens with zero attached hydrogens (tertiary/aromatic N) is 2. The molecule has 1 N–H and O–H groups in total. The molecule has 0 saturated carbocycles. The minimum Gasteiger partial charge on any atom is -0.350 e. The highest BCUT2D eigenvalue weighted by Gasteiger charge is 2.31. The van der Waals surface area contributed by atoms with E-state index in [1.807, 2.05) is 20.8 Å². The summed E-state index contributed by atoms with van der Waals surface area (Å²) in [5, 5.41) is 3.74. The number of amides is 2. The molecule has 2 rings (SSSR count). The van der Waals surface area contributed by atoms with Crippen LogP contribution in [-0.4, -0.2) is 49.5 Å². The fourth-order valence-corrected chi connectivity index (χ4v) is 4.47. The fourth-order valence-electron chi connectivity index (χ4n) is 3.24. The Morgan fingerprint density at radius 3 is 2.26 bits per heavy atom. The van der Waals surface area contributed by atoms with Gasteiger partial charge in [-0.25, -0.2) is 8.42 Å². The van der Waals surface area contributed by atoms with Crippen LogP contribution in [0.2, 0.25) is 10.0 Å². The third-order valence-corrected chi connectivity index (χ3v) is 6.81. The maximum Gasteiger partial charge on any atom is 0.244 e. The van der Waals surface area contributed by atoms with Gasteiger partial charge in [0.2, 0.25) is 21.8 Å². The Morgan fingerprint density at radius 2 is 1.74 bits per heavy atom. The van der Waals surface area contributed by atoms with E-state index in [4.69, 9.17) is 23.2 Å². The van der Waals surface area contributed by atoms with Crippen LogP contribution in [0.5, 0.6) is 0 Å². The van der Waals surface area contributed by atoms with Gasteiger partial charge in [0.25, 0.3) is 0 Å². The fraction of sp³-hybridized carbons (Fsp3) is 0.417. The predicted octanol–water partition coefficient (Wildman–Crippen LogP) is 4.40. The maximum absolute atomic E-state index is 13.5. The average molecular weight is 529 g/mol. The van der Waals surface area contributed by atoms with E-state index in [0.29, 0.717) is 15.6 Å². The van der Waals surface area contributed by atoms with Crippen molar-refractivity contribution < 1.29 is 18.0 Å². The summed E-state index contributed by atoms with van der Waals surface area (Å²) in [6.07, 6.45) is 1.02. The van der Waals surface area contributed by atoms with Gasteiger partial charge in [0.15, 0.2) is 0 Å². The molecule has 0 spiro atoms. The van der Waals surface area contributed by atoms with Crippen molar-refractivity contribution in [2.24, 2.45) is 0 Å². The van der Waals surface area contributed by atoms with Crippen LogP contribution in [-0.2, 0) is 26.2 Å². The van der Waals surface area contributed by atoms with E-state index in [1.165, 1.54) is 11.0 Å². The molecule has 0 radical (unpaired) electrons. The first-order valence-corrected chi connectivity index (χ1v) is 13.3. The molecule has 0 aliphatic rings. The number of hydrogen-bond donors (Lipinski definition) is 1. The van der Waals surface area contributed by atoms with Gasteiger partial charge in [-0.3, -0.25) is 13.9 Å². The Kier molecular flexibility index (Phi) is 9.02. The molecular formula is C24H31Cl2N3O4S. The highest BCUT2D eigenvalue weighted by atomic mass is 35.5. The quantitative estimate of drug-likeness (QED) is 0.551. The summed E-state index contributed by atoms with van der Waals surface area (Å²) in [5.74, 6) is -0.897. The summed E-state index contributed by atoms with van der Waals surface area (Å²) in [7, 11) is -3.82. The number of benzene rings is 2. The molecule has 1 unspecified atom stereocenters. The Hall–Kier alpha value is -2.29. The molecule has 2 amide bonds. The van der Waals surface area contributed by atoms with E-state index in [9.17, 15) is 18.0 Å². The summed E-state index contributed by atoms with van der Waals surface area (Å²) in [4.78, 5) is 27.8. The van der Waals surface area contributed by atoms with E-state index >= 15 is 0 Å². The Balaban J connectivity index is 2.43. The van der Waals surface area contributed by atoms with Crippen molar-refractivity contribution in [3.63, 3.8) is 0 Å². The Labute approximate surface area is 212 Å². The van der Waals surface area contributed by atoms with Gasteiger partial charge in [0, 0.05) is 22.1 Å². The molecule has 0 saturated heterocycles. The largest absolute Gasteiger partial charge is 0.350 e. The lowest BCUT2D eigenvalue weighted by Gasteiger charge is -2.33. The maximum atomic E-state index is 13.5. The van der Waals surface area contributed by atoms with Crippen molar-refractivity contribution in [3.8, 4) is 0 Å². The number of halogens is 2. The van der Waals surface area contributed by atoms with E-state index in [0.717, 1.165) is 16.1 Å². The van der Waals surface area contributed by atoms with Crippen LogP contribution in [0.1, 0.15) is 38.8 Å². The molecule has 10 heteroatoms. The van der Waals surface area contributed by atoms with Crippen LogP contribution in [0.4, 0.5) is 5.69 Å². The van der Waals surface area contributed by atoms with E-state index in [2.05, 4.69) is 5.32 Å². The predicted molar refractivity (Wildman–Crippen MR) is 138 cm³/mol. The number of rotatable bonds is 8. The molecular weight excluding hydrogens is 497 g/mol. The van der Waals surface area contributed by atoms with Crippen molar-refractivity contribution in [1.82, 2.24) is 10.2 Å². The van der Waals surface area contributed by atoms with E-state index in [1.54, 1.807) is 50.2 Å². The highest BCUT2D eigenvalue weighted by molar-refractivity contribution is 7.92. The van der Waals surface area contributed by atoms with E-state index < -0.39 is 34.1 Å². The van der Waals surface area contributed by atoms with Gasteiger partial charge in [-0.15, -0.1) is 0 Å². The number of carbonyl (C=O) groups excluding carboxylic acids is 2. The molecule has 2 aromatic carbocycles. The second-order valence-electron chi connectivity index (χ2n) is 9.27. The first-order valence-electron chi connectivity index (χ1n) is 10.7. The highest BCUT2D eigenvalue weighted by Crippen LogP contribution is 2.25. The van der Waals surface area contributed by atoms with Gasteiger partial charge in [0.05, 0.1) is 11.9 Å². The molecule has 0 heterocycles. The van der Waals surface area contributed by atoms with Gasteiger partial charge in [-0.05, 0) is 70.0 Å². The smallest absolute Gasteiger partial charge is 0.244 e. The number of carbonyl (C=O) groups is 2. The van der Waals surface area contributed by atoms with Crippen LogP contribution < -0.4 is 9.62 Å². The standard InChI is InChI=1S/C24H31Cl2N3O4S/c1-16-10-11-20(13-21(16)26)29(34(6,32)33)15-22(30)28(14-18-8-7-9-19(25)12-18)17(2)23(31)27-24(3,4)5/h7-13,17H,14-15H2,1-6H3,(H,27,31). The number of sulfonamides is 1. The van der Waals surface area contributed by atoms with Gasteiger partial charge in [0.1, 0.15) is 12.6 Å². The average Bonchev–Trinajstić information content (AvgIpc) is 2.69. The van der Waals surface area contributed by atoms with Crippen LogP contribution in [0.25, 0.3) is 0 Å². The molecule has 0 aromatic heterocycles. The second-order valence-corrected chi connectivity index (χ2v) is 12.0. The minimum absolute atomic E-state index is 0.0738. The summed E-state index contributed by atoms with van der Waals surface area (Å²) in [6.45, 7) is 8.51. The summed E-state index contributed by atoms with van der Waals surface area (Å²) >= 11 is 12.3. The zero-order chi connectivity index (χ0) is 25.8. The van der Waals surface area contributed by atoms with Gasteiger partial charge >= 0.3 is 0 Å². The molecule has 0 aliphatic heterocycles. The zero-order valence-electron chi connectivity index (χ0n) is 20.2. The minimum atomic E-state index is -3.82. The Morgan fingerprint density at radius 1 is 1.09 bits per heavy atom. The monoisotopic (exact) mass is 527 g/mol.